The van der Waals surface area contributed by atoms with Crippen LogP contribution >= 0.6 is 0 Å². The highest BCUT2D eigenvalue weighted by Crippen LogP contribution is 2.44. The largest absolute Gasteiger partial charge is 0.456 e. The Morgan fingerprint density at radius 1 is 1.05 bits per heavy atom. The first-order valence-electron chi connectivity index (χ1n) is 6.49. The average Bonchev–Trinajstić information content (AvgIpc) is 2.54. The van der Waals surface area contributed by atoms with Crippen LogP contribution in [0.5, 0.6) is 11.5 Å². The maximum atomic E-state index is 12.0. The van der Waals surface area contributed by atoms with Crippen LogP contribution in [-0.2, 0) is 4.79 Å². The van der Waals surface area contributed by atoms with E-state index in [2.05, 4.69) is 5.32 Å². The van der Waals surface area contributed by atoms with Gasteiger partial charge >= 0.3 is 0 Å². The predicted molar refractivity (Wildman–Crippen MR) is 78.7 cm³/mol. The minimum Gasteiger partial charge on any atom is -0.456 e. The number of benzene rings is 2. The molecule has 0 aliphatic carbocycles. The van der Waals surface area contributed by atoms with E-state index in [0.717, 1.165) is 11.1 Å². The van der Waals surface area contributed by atoms with E-state index in [1.54, 1.807) is 0 Å². The van der Waals surface area contributed by atoms with Gasteiger partial charge in [0, 0.05) is 23.7 Å². The van der Waals surface area contributed by atoms with Gasteiger partial charge in [-0.05, 0) is 12.1 Å². The number of ether oxygens (including phenoxy) is 1. The summed E-state index contributed by atoms with van der Waals surface area (Å²) in [6.45, 7) is 0. The highest BCUT2D eigenvalue weighted by Gasteiger charge is 2.26. The fraction of sp³-hybridized carbons (Fsp3) is 0.0588. The molecule has 1 N–H and O–H groups in total. The molecular formula is C17H12N2O2. The van der Waals surface area contributed by atoms with E-state index in [4.69, 9.17) is 4.74 Å². The van der Waals surface area contributed by atoms with Crippen molar-refractivity contribution in [1.29, 1.82) is 5.26 Å². The molecule has 0 fully saturated rings. The first kappa shape index (κ1) is 12.9. The van der Waals surface area contributed by atoms with Crippen LogP contribution in [-0.4, -0.2) is 13.0 Å². The molecule has 21 heavy (non-hydrogen) atoms. The number of nitrogens with zero attached hydrogens (tertiary/aromatic N) is 1. The summed E-state index contributed by atoms with van der Waals surface area (Å²) in [4.78, 5) is 12.0. The van der Waals surface area contributed by atoms with Gasteiger partial charge in [-0.15, -0.1) is 0 Å². The summed E-state index contributed by atoms with van der Waals surface area (Å²) in [5.74, 6) is 0.879. The van der Waals surface area contributed by atoms with Gasteiger partial charge < -0.3 is 10.1 Å². The molecule has 1 heterocycles. The van der Waals surface area contributed by atoms with E-state index in [0.29, 0.717) is 17.1 Å². The van der Waals surface area contributed by atoms with Gasteiger partial charge in [0.25, 0.3) is 5.91 Å². The van der Waals surface area contributed by atoms with Crippen LogP contribution in [0.4, 0.5) is 0 Å². The number of likely N-dealkylation sites (N-methyl/N-ethyl adjacent to an activating group) is 1. The quantitative estimate of drug-likeness (QED) is 0.549. The van der Waals surface area contributed by atoms with Crippen LogP contribution in [0.1, 0.15) is 11.1 Å². The first-order valence-corrected chi connectivity index (χ1v) is 6.49. The molecule has 1 amide bonds. The third-order valence-corrected chi connectivity index (χ3v) is 3.35. The van der Waals surface area contributed by atoms with Crippen LogP contribution in [0, 0.1) is 11.3 Å². The molecule has 3 rings (SSSR count). The zero-order valence-electron chi connectivity index (χ0n) is 11.4. The van der Waals surface area contributed by atoms with Crippen molar-refractivity contribution in [2.24, 2.45) is 0 Å². The van der Waals surface area contributed by atoms with Crippen molar-refractivity contribution in [3.63, 3.8) is 0 Å². The Bertz CT molecular complexity index is 753. The molecular weight excluding hydrogens is 264 g/mol. The summed E-state index contributed by atoms with van der Waals surface area (Å²) < 4.78 is 5.84. The normalized spacial score (nSPS) is 11.5. The number of para-hydroxylation sites is 2. The summed E-state index contributed by atoms with van der Waals surface area (Å²) in [6, 6.07) is 16.8. The molecule has 2 aromatic rings. The Morgan fingerprint density at radius 3 is 2.05 bits per heavy atom. The van der Waals surface area contributed by atoms with Crippen molar-refractivity contribution in [2.45, 2.75) is 0 Å². The van der Waals surface area contributed by atoms with Gasteiger partial charge in [-0.1, -0.05) is 36.4 Å². The van der Waals surface area contributed by atoms with Gasteiger partial charge in [0.2, 0.25) is 0 Å². The molecule has 0 aromatic heterocycles. The number of fused-ring (bicyclic) bond motifs is 2. The second kappa shape index (κ2) is 5.14. The monoisotopic (exact) mass is 276 g/mol. The second-order valence-electron chi connectivity index (χ2n) is 4.54. The molecule has 1 aliphatic rings. The maximum Gasteiger partial charge on any atom is 0.262 e. The second-order valence-corrected chi connectivity index (χ2v) is 4.54. The van der Waals surface area contributed by atoms with Crippen LogP contribution in [0.2, 0.25) is 0 Å². The number of rotatable bonds is 1. The Balaban J connectivity index is 2.37. The summed E-state index contributed by atoms with van der Waals surface area (Å²) in [5, 5.41) is 11.9. The van der Waals surface area contributed by atoms with Crippen molar-refractivity contribution < 1.29 is 9.53 Å². The summed E-state index contributed by atoms with van der Waals surface area (Å²) in [5.41, 5.74) is 2.18. The van der Waals surface area contributed by atoms with Gasteiger partial charge in [0.1, 0.15) is 23.1 Å². The van der Waals surface area contributed by atoms with Crippen LogP contribution < -0.4 is 10.1 Å². The average molecular weight is 276 g/mol. The lowest BCUT2D eigenvalue weighted by molar-refractivity contribution is -0.116. The first-order chi connectivity index (χ1) is 10.3. The Labute approximate surface area is 122 Å². The number of hydrogen-bond acceptors (Lipinski definition) is 3. The molecule has 4 heteroatoms. The number of nitrogens with one attached hydrogen (secondary N) is 1. The van der Waals surface area contributed by atoms with Crippen molar-refractivity contribution >= 4 is 11.5 Å². The van der Waals surface area contributed by atoms with Crippen molar-refractivity contribution in [1.82, 2.24) is 5.32 Å². The van der Waals surface area contributed by atoms with E-state index < -0.39 is 5.91 Å². The minimum atomic E-state index is -0.404. The Kier molecular flexibility index (Phi) is 3.17. The molecule has 0 saturated carbocycles. The SMILES string of the molecule is CNC(=O)C(C#N)=C1c2ccccc2Oc2ccccc21. The lowest BCUT2D eigenvalue weighted by Gasteiger charge is -2.23. The van der Waals surface area contributed by atoms with E-state index in [9.17, 15) is 10.1 Å². The van der Waals surface area contributed by atoms with E-state index in [1.165, 1.54) is 7.05 Å². The fourth-order valence-electron chi connectivity index (χ4n) is 2.40. The third-order valence-electron chi connectivity index (χ3n) is 3.35. The lowest BCUT2D eigenvalue weighted by atomic mass is 9.90. The summed E-state index contributed by atoms with van der Waals surface area (Å²) in [7, 11) is 1.51. The summed E-state index contributed by atoms with van der Waals surface area (Å²) >= 11 is 0. The number of carbonyl (C=O) groups is 1. The molecule has 0 atom stereocenters. The van der Waals surface area contributed by atoms with Crippen molar-refractivity contribution in [2.75, 3.05) is 7.05 Å². The summed E-state index contributed by atoms with van der Waals surface area (Å²) in [6.07, 6.45) is 0. The topological polar surface area (TPSA) is 62.1 Å². The zero-order valence-corrected chi connectivity index (χ0v) is 11.4. The fourth-order valence-corrected chi connectivity index (χ4v) is 2.40. The van der Waals surface area contributed by atoms with Crippen LogP contribution in [0.25, 0.3) is 5.57 Å². The number of carbonyl (C=O) groups excluding carboxylic acids is 1. The Hall–Kier alpha value is -3.06. The van der Waals surface area contributed by atoms with E-state index in [1.807, 2.05) is 54.6 Å². The van der Waals surface area contributed by atoms with Gasteiger partial charge in [0.15, 0.2) is 0 Å². The molecule has 2 aromatic carbocycles. The van der Waals surface area contributed by atoms with Crippen molar-refractivity contribution in [3.05, 3.63) is 65.2 Å². The van der Waals surface area contributed by atoms with Gasteiger partial charge in [0.05, 0.1) is 0 Å². The van der Waals surface area contributed by atoms with E-state index in [-0.39, 0.29) is 5.57 Å². The number of amides is 1. The number of nitriles is 1. The highest BCUT2D eigenvalue weighted by molar-refractivity contribution is 6.09. The van der Waals surface area contributed by atoms with Gasteiger partial charge in [-0.2, -0.15) is 5.26 Å². The third kappa shape index (κ3) is 2.05. The molecule has 4 nitrogen and oxygen atoms in total. The smallest absolute Gasteiger partial charge is 0.262 e. The molecule has 0 saturated heterocycles. The standard InChI is InChI=1S/C17H12N2O2/c1-19-17(20)13(10-18)16-11-6-2-4-8-14(11)21-15-9-5-3-7-12(15)16/h2-9H,1H3,(H,19,20). The maximum absolute atomic E-state index is 12.0. The molecule has 0 spiro atoms. The molecule has 1 aliphatic heterocycles. The Morgan fingerprint density at radius 2 is 1.57 bits per heavy atom. The molecule has 0 radical (unpaired) electrons. The van der Waals surface area contributed by atoms with Crippen molar-refractivity contribution in [3.8, 4) is 17.6 Å². The molecule has 102 valence electrons. The minimum absolute atomic E-state index is 0.0840. The molecule has 0 bridgehead atoms. The molecule has 0 unspecified atom stereocenters. The highest BCUT2D eigenvalue weighted by atomic mass is 16.5. The van der Waals surface area contributed by atoms with Gasteiger partial charge in [-0.25, -0.2) is 0 Å². The van der Waals surface area contributed by atoms with E-state index >= 15 is 0 Å². The van der Waals surface area contributed by atoms with Crippen LogP contribution in [0.3, 0.4) is 0 Å². The zero-order chi connectivity index (χ0) is 14.8. The predicted octanol–water partition coefficient (Wildman–Crippen LogP) is 2.86. The van der Waals surface area contributed by atoms with Gasteiger partial charge in [-0.3, -0.25) is 4.79 Å². The number of hydrogen-bond donors (Lipinski definition) is 1. The van der Waals surface area contributed by atoms with Crippen LogP contribution in [0.15, 0.2) is 54.1 Å². The lowest BCUT2D eigenvalue weighted by Crippen LogP contribution is -2.21.